The Balaban J connectivity index is 2.97. The molecule has 0 aromatic heterocycles. The number of anilines is 1. The third-order valence-corrected chi connectivity index (χ3v) is 2.55. The summed E-state index contributed by atoms with van der Waals surface area (Å²) in [6.45, 7) is 2.60. The minimum Gasteiger partial charge on any atom is -0.385 e. The van der Waals surface area contributed by atoms with Crippen LogP contribution in [0.3, 0.4) is 0 Å². The summed E-state index contributed by atoms with van der Waals surface area (Å²) < 4.78 is 43.5. The van der Waals surface area contributed by atoms with E-state index in [4.69, 9.17) is 4.74 Å². The van der Waals surface area contributed by atoms with Gasteiger partial charge in [0.05, 0.1) is 12.2 Å². The SMILES string of the molecule is CCNc1ccc(C(=O)NCCOC)cc1C(F)(F)F. The molecule has 0 radical (unpaired) electrons. The Kier molecular flexibility index (Phi) is 5.82. The average molecular weight is 290 g/mol. The van der Waals surface area contributed by atoms with Crippen LogP contribution in [0.25, 0.3) is 0 Å². The molecule has 112 valence electrons. The van der Waals surface area contributed by atoms with Gasteiger partial charge in [-0.15, -0.1) is 0 Å². The van der Waals surface area contributed by atoms with Crippen molar-refractivity contribution in [2.24, 2.45) is 0 Å². The molecule has 0 saturated heterocycles. The third-order valence-electron chi connectivity index (χ3n) is 2.55. The lowest BCUT2D eigenvalue weighted by atomic mass is 10.1. The van der Waals surface area contributed by atoms with Crippen molar-refractivity contribution in [3.8, 4) is 0 Å². The topological polar surface area (TPSA) is 50.4 Å². The van der Waals surface area contributed by atoms with E-state index in [9.17, 15) is 18.0 Å². The Bertz CT molecular complexity index is 461. The van der Waals surface area contributed by atoms with E-state index >= 15 is 0 Å². The van der Waals surface area contributed by atoms with Crippen LogP contribution in [0.1, 0.15) is 22.8 Å². The van der Waals surface area contributed by atoms with E-state index in [-0.39, 0.29) is 17.8 Å². The second-order valence-electron chi connectivity index (χ2n) is 4.04. The van der Waals surface area contributed by atoms with Crippen molar-refractivity contribution in [3.05, 3.63) is 29.3 Å². The highest BCUT2D eigenvalue weighted by Gasteiger charge is 2.34. The standard InChI is InChI=1S/C13H17F3N2O2/c1-3-17-11-5-4-9(8-10(11)13(14,15)16)12(19)18-6-7-20-2/h4-5,8,17H,3,6-7H2,1-2H3,(H,18,19). The molecule has 0 heterocycles. The van der Waals surface area contributed by atoms with Gasteiger partial charge in [-0.1, -0.05) is 0 Å². The van der Waals surface area contributed by atoms with E-state index in [0.29, 0.717) is 13.2 Å². The van der Waals surface area contributed by atoms with Crippen LogP contribution in [0.2, 0.25) is 0 Å². The maximum atomic E-state index is 12.9. The molecule has 0 bridgehead atoms. The first-order chi connectivity index (χ1) is 9.40. The normalized spacial score (nSPS) is 11.2. The van der Waals surface area contributed by atoms with Crippen molar-refractivity contribution in [3.63, 3.8) is 0 Å². The van der Waals surface area contributed by atoms with E-state index in [2.05, 4.69) is 10.6 Å². The van der Waals surface area contributed by atoms with Gasteiger partial charge in [-0.2, -0.15) is 13.2 Å². The molecular weight excluding hydrogens is 273 g/mol. The number of benzene rings is 1. The Morgan fingerprint density at radius 1 is 1.35 bits per heavy atom. The molecule has 1 aromatic rings. The Labute approximate surface area is 115 Å². The third kappa shape index (κ3) is 4.41. The molecule has 0 atom stereocenters. The Morgan fingerprint density at radius 2 is 2.05 bits per heavy atom. The van der Waals surface area contributed by atoms with Crippen LogP contribution in [0, 0.1) is 0 Å². The predicted molar refractivity (Wildman–Crippen MR) is 69.8 cm³/mol. The molecule has 1 aromatic carbocycles. The average Bonchev–Trinajstić information content (AvgIpc) is 2.38. The quantitative estimate of drug-likeness (QED) is 0.792. The molecule has 4 nitrogen and oxygen atoms in total. The van der Waals surface area contributed by atoms with E-state index in [1.807, 2.05) is 0 Å². The molecule has 0 saturated carbocycles. The number of hydrogen-bond donors (Lipinski definition) is 2. The van der Waals surface area contributed by atoms with Gasteiger partial charge in [0.1, 0.15) is 0 Å². The number of alkyl halides is 3. The molecule has 7 heteroatoms. The first-order valence-corrected chi connectivity index (χ1v) is 6.12. The first-order valence-electron chi connectivity index (χ1n) is 6.12. The van der Waals surface area contributed by atoms with E-state index in [0.717, 1.165) is 6.07 Å². The zero-order valence-corrected chi connectivity index (χ0v) is 11.3. The number of amides is 1. The van der Waals surface area contributed by atoms with Crippen molar-refractivity contribution >= 4 is 11.6 Å². The van der Waals surface area contributed by atoms with E-state index in [1.165, 1.54) is 19.2 Å². The molecule has 0 fully saturated rings. The summed E-state index contributed by atoms with van der Waals surface area (Å²) in [5.41, 5.74) is -0.915. The molecule has 0 aliphatic carbocycles. The van der Waals surface area contributed by atoms with Crippen LogP contribution < -0.4 is 10.6 Å². The monoisotopic (exact) mass is 290 g/mol. The maximum absolute atomic E-state index is 12.9. The highest BCUT2D eigenvalue weighted by Crippen LogP contribution is 2.35. The molecule has 0 unspecified atom stereocenters. The minimum atomic E-state index is -4.51. The van der Waals surface area contributed by atoms with Gasteiger partial charge in [-0.3, -0.25) is 4.79 Å². The van der Waals surface area contributed by atoms with Gasteiger partial charge in [0, 0.05) is 31.5 Å². The molecule has 2 N–H and O–H groups in total. The molecule has 0 aliphatic heterocycles. The number of carbonyl (C=O) groups excluding carboxylic acids is 1. The van der Waals surface area contributed by atoms with E-state index < -0.39 is 17.6 Å². The number of halogens is 3. The molecule has 0 aliphatic rings. The van der Waals surface area contributed by atoms with Crippen molar-refractivity contribution in [1.82, 2.24) is 5.32 Å². The van der Waals surface area contributed by atoms with Crippen molar-refractivity contribution in [2.75, 3.05) is 32.1 Å². The Hall–Kier alpha value is -1.76. The van der Waals surface area contributed by atoms with Crippen LogP contribution in [0.5, 0.6) is 0 Å². The van der Waals surface area contributed by atoms with E-state index in [1.54, 1.807) is 6.92 Å². The van der Waals surface area contributed by atoms with Crippen LogP contribution in [-0.4, -0.2) is 32.7 Å². The lowest BCUT2D eigenvalue weighted by Gasteiger charge is -2.15. The summed E-state index contributed by atoms with van der Waals surface area (Å²) in [5, 5.41) is 5.11. The number of carbonyl (C=O) groups is 1. The van der Waals surface area contributed by atoms with Gasteiger partial charge < -0.3 is 15.4 Å². The molecule has 1 rings (SSSR count). The van der Waals surface area contributed by atoms with Gasteiger partial charge in [0.25, 0.3) is 5.91 Å². The fourth-order valence-electron chi connectivity index (χ4n) is 1.63. The molecular formula is C13H17F3N2O2. The second-order valence-corrected chi connectivity index (χ2v) is 4.04. The number of hydrogen-bond acceptors (Lipinski definition) is 3. The summed E-state index contributed by atoms with van der Waals surface area (Å²) in [5.74, 6) is -0.560. The van der Waals surface area contributed by atoms with Crippen molar-refractivity contribution in [1.29, 1.82) is 0 Å². The summed E-state index contributed by atoms with van der Waals surface area (Å²) in [4.78, 5) is 11.7. The second kappa shape index (κ2) is 7.14. The number of ether oxygens (including phenoxy) is 1. The zero-order valence-electron chi connectivity index (χ0n) is 11.3. The largest absolute Gasteiger partial charge is 0.418 e. The smallest absolute Gasteiger partial charge is 0.385 e. The summed E-state index contributed by atoms with van der Waals surface area (Å²) >= 11 is 0. The lowest BCUT2D eigenvalue weighted by molar-refractivity contribution is -0.137. The Morgan fingerprint density at radius 3 is 2.60 bits per heavy atom. The molecule has 0 spiro atoms. The van der Waals surface area contributed by atoms with Gasteiger partial charge in [0.2, 0.25) is 0 Å². The highest BCUT2D eigenvalue weighted by atomic mass is 19.4. The van der Waals surface area contributed by atoms with Crippen LogP contribution in [-0.2, 0) is 10.9 Å². The molecule has 1 amide bonds. The highest BCUT2D eigenvalue weighted by molar-refractivity contribution is 5.95. The van der Waals surface area contributed by atoms with Gasteiger partial charge in [-0.05, 0) is 25.1 Å². The summed E-state index contributed by atoms with van der Waals surface area (Å²) in [6, 6.07) is 3.47. The summed E-state index contributed by atoms with van der Waals surface area (Å²) in [6.07, 6.45) is -4.51. The number of nitrogens with one attached hydrogen (secondary N) is 2. The van der Waals surface area contributed by atoms with Crippen molar-refractivity contribution in [2.45, 2.75) is 13.1 Å². The molecule has 20 heavy (non-hydrogen) atoms. The minimum absolute atomic E-state index is 0.0323. The number of rotatable bonds is 6. The van der Waals surface area contributed by atoms with Crippen LogP contribution in [0.4, 0.5) is 18.9 Å². The predicted octanol–water partition coefficient (Wildman–Crippen LogP) is 2.51. The summed E-state index contributed by atoms with van der Waals surface area (Å²) in [7, 11) is 1.47. The van der Waals surface area contributed by atoms with Gasteiger partial charge >= 0.3 is 6.18 Å². The fourth-order valence-corrected chi connectivity index (χ4v) is 1.63. The van der Waals surface area contributed by atoms with Gasteiger partial charge in [0.15, 0.2) is 0 Å². The van der Waals surface area contributed by atoms with Crippen LogP contribution >= 0.6 is 0 Å². The maximum Gasteiger partial charge on any atom is 0.418 e. The van der Waals surface area contributed by atoms with Gasteiger partial charge in [-0.25, -0.2) is 0 Å². The first kappa shape index (κ1) is 16.3. The van der Waals surface area contributed by atoms with Crippen LogP contribution in [0.15, 0.2) is 18.2 Å². The lowest BCUT2D eigenvalue weighted by Crippen LogP contribution is -2.27. The number of methoxy groups -OCH3 is 1. The fraction of sp³-hybridized carbons (Fsp3) is 0.462. The van der Waals surface area contributed by atoms with Crippen molar-refractivity contribution < 1.29 is 22.7 Å². The zero-order chi connectivity index (χ0) is 15.2.